The van der Waals surface area contributed by atoms with Gasteiger partial charge in [0.1, 0.15) is 25.5 Å². The Kier molecular flexibility index (Phi) is 6.11. The van der Waals surface area contributed by atoms with Gasteiger partial charge in [0.15, 0.2) is 6.21 Å². The van der Waals surface area contributed by atoms with E-state index in [0.717, 1.165) is 18.9 Å². The number of benzene rings is 2. The largest absolute Gasteiger partial charge is 1.00 e. The molecular weight excluding hydrogens is 354 g/mol. The summed E-state index contributed by atoms with van der Waals surface area (Å²) in [4.78, 5) is 0. The Bertz CT molecular complexity index is 695. The number of hydrogen-bond acceptors (Lipinski definition) is 2. The zero-order chi connectivity index (χ0) is 15.2. The van der Waals surface area contributed by atoms with Gasteiger partial charge < -0.3 is 22.2 Å². The second-order valence-electron chi connectivity index (χ2n) is 5.13. The average molecular weight is 372 g/mol. The van der Waals surface area contributed by atoms with Crippen molar-refractivity contribution >= 4 is 6.21 Å². The fraction of sp³-hybridized carbons (Fsp3) is 0.111. The monoisotopic (exact) mass is 371 g/mol. The summed E-state index contributed by atoms with van der Waals surface area (Å²) in [6.07, 6.45) is 5.49. The van der Waals surface area contributed by atoms with Crippen LogP contribution in [0.5, 0.6) is 0 Å². The van der Waals surface area contributed by atoms with Gasteiger partial charge in [-0.25, -0.2) is 9.13 Å². The Morgan fingerprint density at radius 2 is 1.57 bits per heavy atom. The molecule has 1 aromatic heterocycles. The van der Waals surface area contributed by atoms with E-state index < -0.39 is 0 Å². The van der Waals surface area contributed by atoms with Crippen LogP contribution in [-0.4, -0.2) is 16.0 Å². The van der Waals surface area contributed by atoms with E-state index in [0.29, 0.717) is 0 Å². The first-order valence-corrected chi connectivity index (χ1v) is 7.20. The summed E-state index contributed by atoms with van der Waals surface area (Å²) in [6, 6.07) is 20.4. The Morgan fingerprint density at radius 1 is 0.957 bits per heavy atom. The maximum absolute atomic E-state index is 8.96. The lowest BCUT2D eigenvalue weighted by Crippen LogP contribution is -3.00. The number of imidazole rings is 1. The first-order valence-electron chi connectivity index (χ1n) is 7.20. The van der Waals surface area contributed by atoms with Crippen molar-refractivity contribution in [3.8, 4) is 0 Å². The van der Waals surface area contributed by atoms with Gasteiger partial charge in [-0.2, -0.15) is 0 Å². The van der Waals surface area contributed by atoms with Crippen LogP contribution < -0.4 is 21.5 Å². The van der Waals surface area contributed by atoms with Crippen LogP contribution in [0, 0.1) is 0 Å². The van der Waals surface area contributed by atoms with Gasteiger partial charge in [-0.1, -0.05) is 65.8 Å². The topological polar surface area (TPSA) is 41.4 Å². The SMILES string of the molecule is O/N=C/c1n(Cc2ccccc2)cc[n+]1Cc1ccccc1.[Br-]. The number of oxime groups is 1. The van der Waals surface area contributed by atoms with Crippen molar-refractivity contribution in [3.05, 3.63) is 90.0 Å². The summed E-state index contributed by atoms with van der Waals surface area (Å²) in [6.45, 7) is 1.48. The molecule has 2 aromatic carbocycles. The molecule has 118 valence electrons. The summed E-state index contributed by atoms with van der Waals surface area (Å²) in [7, 11) is 0. The van der Waals surface area contributed by atoms with Gasteiger partial charge in [0.2, 0.25) is 0 Å². The smallest absolute Gasteiger partial charge is 0.304 e. The Morgan fingerprint density at radius 3 is 2.17 bits per heavy atom. The molecule has 0 bridgehead atoms. The highest BCUT2D eigenvalue weighted by atomic mass is 79.9. The van der Waals surface area contributed by atoms with Crippen molar-refractivity contribution < 1.29 is 26.8 Å². The van der Waals surface area contributed by atoms with E-state index in [1.807, 2.05) is 48.8 Å². The highest BCUT2D eigenvalue weighted by Gasteiger charge is 2.16. The normalized spacial score (nSPS) is 10.6. The van der Waals surface area contributed by atoms with E-state index in [2.05, 4.69) is 38.6 Å². The van der Waals surface area contributed by atoms with Crippen molar-refractivity contribution in [1.29, 1.82) is 0 Å². The zero-order valence-electron chi connectivity index (χ0n) is 12.6. The minimum absolute atomic E-state index is 0. The molecule has 0 spiro atoms. The van der Waals surface area contributed by atoms with Gasteiger partial charge in [0.05, 0.1) is 0 Å². The Hall–Kier alpha value is -2.40. The molecule has 0 aliphatic carbocycles. The Labute approximate surface area is 146 Å². The lowest BCUT2D eigenvalue weighted by atomic mass is 10.2. The molecule has 0 aliphatic heterocycles. The van der Waals surface area contributed by atoms with E-state index >= 15 is 0 Å². The van der Waals surface area contributed by atoms with Crippen LogP contribution in [0.1, 0.15) is 17.0 Å². The van der Waals surface area contributed by atoms with Crippen LogP contribution in [0.25, 0.3) is 0 Å². The van der Waals surface area contributed by atoms with E-state index in [-0.39, 0.29) is 17.0 Å². The van der Waals surface area contributed by atoms with Crippen LogP contribution >= 0.6 is 0 Å². The fourth-order valence-corrected chi connectivity index (χ4v) is 2.51. The van der Waals surface area contributed by atoms with Crippen LogP contribution in [0.3, 0.4) is 0 Å². The third-order valence-electron chi connectivity index (χ3n) is 3.58. The van der Waals surface area contributed by atoms with Crippen LogP contribution in [-0.2, 0) is 13.1 Å². The van der Waals surface area contributed by atoms with Gasteiger partial charge in [0.25, 0.3) is 0 Å². The van der Waals surface area contributed by atoms with Crippen LogP contribution in [0.15, 0.2) is 78.2 Å². The van der Waals surface area contributed by atoms with Gasteiger partial charge in [-0.3, -0.25) is 0 Å². The predicted molar refractivity (Wildman–Crippen MR) is 85.1 cm³/mol. The van der Waals surface area contributed by atoms with Crippen molar-refractivity contribution in [2.24, 2.45) is 5.16 Å². The number of hydrogen-bond donors (Lipinski definition) is 1. The summed E-state index contributed by atoms with van der Waals surface area (Å²) in [5.74, 6) is 0.857. The molecule has 1 heterocycles. The molecular formula is C18H18BrN3O. The highest BCUT2D eigenvalue weighted by Crippen LogP contribution is 2.05. The lowest BCUT2D eigenvalue weighted by molar-refractivity contribution is -0.688. The third-order valence-corrected chi connectivity index (χ3v) is 3.58. The Balaban J connectivity index is 0.00000192. The lowest BCUT2D eigenvalue weighted by Gasteiger charge is -2.02. The second-order valence-corrected chi connectivity index (χ2v) is 5.13. The molecule has 0 amide bonds. The molecule has 3 aromatic rings. The zero-order valence-corrected chi connectivity index (χ0v) is 14.2. The summed E-state index contributed by atoms with van der Waals surface area (Å²) in [5.41, 5.74) is 2.41. The van der Waals surface area contributed by atoms with Gasteiger partial charge in [-0.15, -0.1) is 0 Å². The van der Waals surface area contributed by atoms with E-state index in [1.165, 1.54) is 17.3 Å². The van der Waals surface area contributed by atoms with E-state index in [4.69, 9.17) is 5.21 Å². The molecule has 4 nitrogen and oxygen atoms in total. The summed E-state index contributed by atoms with van der Waals surface area (Å²) < 4.78 is 4.13. The molecule has 3 rings (SSSR count). The minimum Gasteiger partial charge on any atom is -1.00 e. The molecule has 1 N–H and O–H groups in total. The minimum atomic E-state index is 0. The molecule has 0 radical (unpaired) electrons. The molecule has 5 heteroatoms. The third kappa shape index (κ3) is 4.29. The maximum atomic E-state index is 8.96. The standard InChI is InChI=1S/C18H17N3O.BrH/c22-19-13-18-20(14-16-7-3-1-4-8-16)11-12-21(18)15-17-9-5-2-6-10-17;/h1-13H,14-15H2;1H. The molecule has 23 heavy (non-hydrogen) atoms. The van der Waals surface area contributed by atoms with Crippen LogP contribution in [0.2, 0.25) is 0 Å². The van der Waals surface area contributed by atoms with Gasteiger partial charge in [0, 0.05) is 0 Å². The molecule has 0 fully saturated rings. The molecule has 0 saturated heterocycles. The van der Waals surface area contributed by atoms with Crippen molar-refractivity contribution in [2.75, 3.05) is 0 Å². The number of aromatic nitrogens is 2. The quantitative estimate of drug-likeness (QED) is 0.284. The number of rotatable bonds is 5. The van der Waals surface area contributed by atoms with Gasteiger partial charge in [-0.05, 0) is 11.1 Å². The predicted octanol–water partition coefficient (Wildman–Crippen LogP) is -0.316. The molecule has 0 saturated carbocycles. The number of halogens is 1. The first-order chi connectivity index (χ1) is 10.9. The summed E-state index contributed by atoms with van der Waals surface area (Å²) in [5, 5.41) is 12.2. The second kappa shape index (κ2) is 8.29. The maximum Gasteiger partial charge on any atom is 0.304 e. The van der Waals surface area contributed by atoms with Crippen molar-refractivity contribution in [3.63, 3.8) is 0 Å². The van der Waals surface area contributed by atoms with Crippen molar-refractivity contribution in [1.82, 2.24) is 4.57 Å². The van der Waals surface area contributed by atoms with E-state index in [9.17, 15) is 0 Å². The molecule has 0 atom stereocenters. The highest BCUT2D eigenvalue weighted by molar-refractivity contribution is 5.72. The average Bonchev–Trinajstić information content (AvgIpc) is 2.92. The summed E-state index contributed by atoms with van der Waals surface area (Å²) >= 11 is 0. The number of nitrogens with zero attached hydrogens (tertiary/aromatic N) is 3. The fourth-order valence-electron chi connectivity index (χ4n) is 2.51. The van der Waals surface area contributed by atoms with Crippen LogP contribution in [0.4, 0.5) is 0 Å². The molecule has 0 aliphatic rings. The molecule has 0 unspecified atom stereocenters. The first kappa shape index (κ1) is 17.0. The van der Waals surface area contributed by atoms with E-state index in [1.54, 1.807) is 0 Å². The van der Waals surface area contributed by atoms with Crippen molar-refractivity contribution in [2.45, 2.75) is 13.1 Å². The van der Waals surface area contributed by atoms with Gasteiger partial charge >= 0.3 is 5.82 Å².